The summed E-state index contributed by atoms with van der Waals surface area (Å²) in [5, 5.41) is 2.83. The highest BCUT2D eigenvalue weighted by Gasteiger charge is 2.16. The van der Waals surface area contributed by atoms with Crippen LogP contribution in [0.4, 0.5) is 5.69 Å². The Morgan fingerprint density at radius 1 is 0.931 bits per heavy atom. The lowest BCUT2D eigenvalue weighted by molar-refractivity contribution is 0.0767. The summed E-state index contributed by atoms with van der Waals surface area (Å²) in [5.41, 5.74) is 1.26. The van der Waals surface area contributed by atoms with Crippen LogP contribution in [0, 0.1) is 0 Å². The first-order valence-corrected chi connectivity index (χ1v) is 9.50. The summed E-state index contributed by atoms with van der Waals surface area (Å²) in [6, 6.07) is 19.7. The van der Waals surface area contributed by atoms with Crippen LogP contribution < -0.4 is 10.1 Å². The van der Waals surface area contributed by atoms with E-state index in [9.17, 15) is 9.59 Å². The fourth-order valence-corrected chi connectivity index (χ4v) is 2.80. The van der Waals surface area contributed by atoms with E-state index in [0.717, 1.165) is 5.75 Å². The highest BCUT2D eigenvalue weighted by Crippen LogP contribution is 2.23. The van der Waals surface area contributed by atoms with Crippen LogP contribution in [0.3, 0.4) is 0 Å². The normalized spacial score (nSPS) is 10.3. The van der Waals surface area contributed by atoms with Crippen LogP contribution in [0.15, 0.2) is 72.9 Å². The summed E-state index contributed by atoms with van der Waals surface area (Å²) < 4.78 is 5.75. The maximum Gasteiger partial charge on any atom is 0.272 e. The van der Waals surface area contributed by atoms with E-state index in [1.807, 2.05) is 44.2 Å². The lowest BCUT2D eigenvalue weighted by atomic mass is 10.2. The monoisotopic (exact) mass is 389 g/mol. The number of hydrogen-bond donors (Lipinski definition) is 1. The molecule has 0 aliphatic rings. The smallest absolute Gasteiger partial charge is 0.272 e. The summed E-state index contributed by atoms with van der Waals surface area (Å²) in [5.74, 6) is 0.918. The molecule has 0 saturated carbocycles. The molecule has 0 unspecified atom stereocenters. The third-order valence-corrected chi connectivity index (χ3v) is 4.38. The molecule has 0 saturated heterocycles. The van der Waals surface area contributed by atoms with Crippen LogP contribution >= 0.6 is 0 Å². The third kappa shape index (κ3) is 5.19. The van der Waals surface area contributed by atoms with Gasteiger partial charge in [-0.25, -0.2) is 0 Å². The molecule has 2 aromatic carbocycles. The Bertz CT molecular complexity index is 968. The Kier molecular flexibility index (Phi) is 6.58. The highest BCUT2D eigenvalue weighted by molar-refractivity contribution is 6.05. The van der Waals surface area contributed by atoms with Gasteiger partial charge in [0, 0.05) is 30.5 Å². The van der Waals surface area contributed by atoms with E-state index in [1.165, 1.54) is 12.3 Å². The Labute approximate surface area is 170 Å². The van der Waals surface area contributed by atoms with E-state index < -0.39 is 0 Å². The molecule has 6 nitrogen and oxygen atoms in total. The molecule has 1 aromatic heterocycles. The van der Waals surface area contributed by atoms with Crippen LogP contribution in [0.25, 0.3) is 0 Å². The third-order valence-electron chi connectivity index (χ3n) is 4.38. The highest BCUT2D eigenvalue weighted by atomic mass is 16.5. The fourth-order valence-electron chi connectivity index (χ4n) is 2.80. The van der Waals surface area contributed by atoms with Crippen LogP contribution in [-0.4, -0.2) is 34.8 Å². The lowest BCUT2D eigenvalue weighted by Crippen LogP contribution is -2.31. The SMILES string of the molecule is CCN(CC)C(=O)c1cc(C(=O)Nc2ccc(Oc3ccccc3)cc2)ccn1. The van der Waals surface area contributed by atoms with Crippen molar-refractivity contribution in [1.29, 1.82) is 0 Å². The molecule has 3 aromatic rings. The molecule has 2 amide bonds. The maximum absolute atomic E-state index is 12.6. The molecule has 6 heteroatoms. The molecular weight excluding hydrogens is 366 g/mol. The fraction of sp³-hybridized carbons (Fsp3) is 0.174. The van der Waals surface area contributed by atoms with Gasteiger partial charge in [-0.15, -0.1) is 0 Å². The molecular formula is C23H23N3O3. The van der Waals surface area contributed by atoms with Gasteiger partial charge in [0.2, 0.25) is 0 Å². The Hall–Kier alpha value is -3.67. The number of ether oxygens (including phenoxy) is 1. The van der Waals surface area contributed by atoms with E-state index >= 15 is 0 Å². The van der Waals surface area contributed by atoms with Crippen molar-refractivity contribution in [3.05, 3.63) is 84.2 Å². The largest absolute Gasteiger partial charge is 0.457 e. The number of amides is 2. The second kappa shape index (κ2) is 9.50. The molecule has 0 atom stereocenters. The quantitative estimate of drug-likeness (QED) is 0.641. The zero-order valence-corrected chi connectivity index (χ0v) is 16.5. The number of rotatable bonds is 7. The number of hydrogen-bond acceptors (Lipinski definition) is 4. The van der Waals surface area contributed by atoms with E-state index in [4.69, 9.17) is 4.74 Å². The Morgan fingerprint density at radius 2 is 1.59 bits per heavy atom. The number of carbonyl (C=O) groups is 2. The van der Waals surface area contributed by atoms with Gasteiger partial charge >= 0.3 is 0 Å². The molecule has 0 fully saturated rings. The topological polar surface area (TPSA) is 71.5 Å². The van der Waals surface area contributed by atoms with Crippen molar-refractivity contribution >= 4 is 17.5 Å². The maximum atomic E-state index is 12.6. The number of pyridine rings is 1. The summed E-state index contributed by atoms with van der Waals surface area (Å²) in [4.78, 5) is 30.8. The van der Waals surface area contributed by atoms with Gasteiger partial charge in [0.25, 0.3) is 11.8 Å². The summed E-state index contributed by atoms with van der Waals surface area (Å²) in [6.45, 7) is 4.99. The van der Waals surface area contributed by atoms with Gasteiger partial charge in [-0.05, 0) is 62.4 Å². The summed E-state index contributed by atoms with van der Waals surface area (Å²) in [6.07, 6.45) is 1.47. The molecule has 0 spiro atoms. The van der Waals surface area contributed by atoms with Gasteiger partial charge in [0.1, 0.15) is 17.2 Å². The first-order chi connectivity index (χ1) is 14.1. The number of aromatic nitrogens is 1. The average molecular weight is 389 g/mol. The predicted molar refractivity (Wildman–Crippen MR) is 112 cm³/mol. The van der Waals surface area contributed by atoms with E-state index in [0.29, 0.717) is 30.1 Å². The second-order valence-electron chi connectivity index (χ2n) is 6.30. The second-order valence-corrected chi connectivity index (χ2v) is 6.30. The van der Waals surface area contributed by atoms with Crippen LogP contribution in [-0.2, 0) is 0 Å². The molecule has 0 aliphatic carbocycles. The van der Waals surface area contributed by atoms with Crippen molar-refractivity contribution in [2.75, 3.05) is 18.4 Å². The number of nitrogens with zero attached hydrogens (tertiary/aromatic N) is 2. The number of nitrogens with one attached hydrogen (secondary N) is 1. The van der Waals surface area contributed by atoms with E-state index in [2.05, 4.69) is 10.3 Å². The average Bonchev–Trinajstić information content (AvgIpc) is 2.76. The van der Waals surface area contributed by atoms with Gasteiger partial charge in [-0.3, -0.25) is 14.6 Å². The Morgan fingerprint density at radius 3 is 2.24 bits per heavy atom. The predicted octanol–water partition coefficient (Wildman–Crippen LogP) is 4.61. The number of carbonyl (C=O) groups excluding carboxylic acids is 2. The zero-order valence-electron chi connectivity index (χ0n) is 16.5. The van der Waals surface area contributed by atoms with Crippen molar-refractivity contribution in [2.45, 2.75) is 13.8 Å². The molecule has 1 N–H and O–H groups in total. The molecule has 0 radical (unpaired) electrons. The van der Waals surface area contributed by atoms with E-state index in [1.54, 1.807) is 35.2 Å². The minimum absolute atomic E-state index is 0.188. The first-order valence-electron chi connectivity index (χ1n) is 9.50. The first kappa shape index (κ1) is 20.1. The molecule has 29 heavy (non-hydrogen) atoms. The minimum atomic E-state index is -0.308. The number of anilines is 1. The standard InChI is InChI=1S/C23H23N3O3/c1-3-26(4-2)23(28)21-16-17(14-15-24-21)22(27)25-18-10-12-20(13-11-18)29-19-8-6-5-7-9-19/h5-16H,3-4H2,1-2H3,(H,25,27). The van der Waals surface area contributed by atoms with Crippen LogP contribution in [0.5, 0.6) is 11.5 Å². The molecule has 3 rings (SSSR count). The molecule has 1 heterocycles. The van der Waals surface area contributed by atoms with E-state index in [-0.39, 0.29) is 17.5 Å². The molecule has 0 aliphatic heterocycles. The zero-order chi connectivity index (χ0) is 20.6. The van der Waals surface area contributed by atoms with Gasteiger partial charge in [0.05, 0.1) is 0 Å². The van der Waals surface area contributed by atoms with Crippen molar-refractivity contribution in [1.82, 2.24) is 9.88 Å². The Balaban J connectivity index is 1.67. The van der Waals surface area contributed by atoms with Gasteiger partial charge in [-0.2, -0.15) is 0 Å². The van der Waals surface area contributed by atoms with Crippen molar-refractivity contribution in [3.8, 4) is 11.5 Å². The lowest BCUT2D eigenvalue weighted by Gasteiger charge is -2.18. The van der Waals surface area contributed by atoms with Crippen LogP contribution in [0.2, 0.25) is 0 Å². The van der Waals surface area contributed by atoms with Crippen molar-refractivity contribution in [2.24, 2.45) is 0 Å². The van der Waals surface area contributed by atoms with Gasteiger partial charge < -0.3 is 15.0 Å². The van der Waals surface area contributed by atoms with Crippen molar-refractivity contribution in [3.63, 3.8) is 0 Å². The number of benzene rings is 2. The summed E-state index contributed by atoms with van der Waals surface area (Å²) in [7, 11) is 0. The van der Waals surface area contributed by atoms with Crippen molar-refractivity contribution < 1.29 is 14.3 Å². The van der Waals surface area contributed by atoms with Gasteiger partial charge in [0.15, 0.2) is 0 Å². The van der Waals surface area contributed by atoms with Crippen LogP contribution in [0.1, 0.15) is 34.7 Å². The minimum Gasteiger partial charge on any atom is -0.457 e. The molecule has 148 valence electrons. The number of para-hydroxylation sites is 1. The van der Waals surface area contributed by atoms with Gasteiger partial charge in [-0.1, -0.05) is 18.2 Å². The molecule has 0 bridgehead atoms. The summed E-state index contributed by atoms with van der Waals surface area (Å²) >= 11 is 0.